The smallest absolute Gasteiger partial charge is 0.340 e. The number of hydrogen-bond donors (Lipinski definition) is 3. The van der Waals surface area contributed by atoms with Gasteiger partial charge < -0.3 is 15.5 Å². The number of H-pyrrole nitrogens is 1. The molecule has 0 bridgehead atoms. The molecule has 7 heteroatoms. The number of fused-ring (bicyclic) bond motifs is 1. The van der Waals surface area contributed by atoms with E-state index in [1.807, 2.05) is 13.8 Å². The van der Waals surface area contributed by atoms with Gasteiger partial charge in [-0.25, -0.2) is 9.78 Å². The van der Waals surface area contributed by atoms with Crippen LogP contribution < -0.4 is 11.1 Å². The number of nitrogens with one attached hydrogen (secondary N) is 2. The standard InChI is InChI=1S/C15H20N4O3/c1-4-8(2)11(16)13(20)19-15-17-10-7-5-6-9(12(10)18-15)14(21)22-3/h5-8,11H,4,16H2,1-3H3,(H2,17,18,19,20). The first-order valence-corrected chi connectivity index (χ1v) is 7.11. The lowest BCUT2D eigenvalue weighted by atomic mass is 10.00. The van der Waals surface area contributed by atoms with Crippen LogP contribution in [-0.2, 0) is 9.53 Å². The van der Waals surface area contributed by atoms with Crippen molar-refractivity contribution in [2.75, 3.05) is 12.4 Å². The topological polar surface area (TPSA) is 110 Å². The van der Waals surface area contributed by atoms with Crippen molar-refractivity contribution in [1.82, 2.24) is 9.97 Å². The molecule has 0 aliphatic rings. The number of esters is 1. The number of para-hydroxylation sites is 1. The number of carbonyl (C=O) groups excluding carboxylic acids is 2. The van der Waals surface area contributed by atoms with Crippen LogP contribution in [0.25, 0.3) is 11.0 Å². The number of rotatable bonds is 5. The molecule has 0 aliphatic carbocycles. The van der Waals surface area contributed by atoms with Gasteiger partial charge in [0.1, 0.15) is 5.52 Å². The van der Waals surface area contributed by atoms with Crippen LogP contribution in [0.5, 0.6) is 0 Å². The summed E-state index contributed by atoms with van der Waals surface area (Å²) in [4.78, 5) is 31.0. The second-order valence-corrected chi connectivity index (χ2v) is 5.18. The second kappa shape index (κ2) is 6.57. The Balaban J connectivity index is 2.27. The Bertz CT molecular complexity index is 695. The van der Waals surface area contributed by atoms with Crippen molar-refractivity contribution in [1.29, 1.82) is 0 Å². The highest BCUT2D eigenvalue weighted by Crippen LogP contribution is 2.19. The average Bonchev–Trinajstić information content (AvgIpc) is 2.94. The molecule has 2 rings (SSSR count). The van der Waals surface area contributed by atoms with Crippen molar-refractivity contribution in [3.8, 4) is 0 Å². The summed E-state index contributed by atoms with van der Waals surface area (Å²) in [6, 6.07) is 4.48. The summed E-state index contributed by atoms with van der Waals surface area (Å²) < 4.78 is 4.72. The fraction of sp³-hybridized carbons (Fsp3) is 0.400. The predicted molar refractivity (Wildman–Crippen MR) is 83.5 cm³/mol. The minimum Gasteiger partial charge on any atom is -0.465 e. The van der Waals surface area contributed by atoms with Gasteiger partial charge in [0.25, 0.3) is 0 Å². The molecule has 2 unspecified atom stereocenters. The fourth-order valence-corrected chi connectivity index (χ4v) is 2.08. The van der Waals surface area contributed by atoms with Gasteiger partial charge in [-0.05, 0) is 18.1 Å². The quantitative estimate of drug-likeness (QED) is 0.728. The summed E-state index contributed by atoms with van der Waals surface area (Å²) in [7, 11) is 1.31. The van der Waals surface area contributed by atoms with Crippen LogP contribution >= 0.6 is 0 Å². The van der Waals surface area contributed by atoms with Gasteiger partial charge in [0.15, 0.2) is 0 Å². The summed E-state index contributed by atoms with van der Waals surface area (Å²) in [6.07, 6.45) is 0.807. The number of aromatic amines is 1. The van der Waals surface area contributed by atoms with Crippen molar-refractivity contribution in [3.63, 3.8) is 0 Å². The number of ether oxygens (including phenoxy) is 1. The molecule has 4 N–H and O–H groups in total. The molecule has 7 nitrogen and oxygen atoms in total. The third-order valence-electron chi connectivity index (χ3n) is 3.72. The van der Waals surface area contributed by atoms with Crippen LogP contribution in [0.2, 0.25) is 0 Å². The van der Waals surface area contributed by atoms with Crippen LogP contribution in [0.15, 0.2) is 18.2 Å². The predicted octanol–water partition coefficient (Wildman–Crippen LogP) is 1.66. The Morgan fingerprint density at radius 2 is 2.18 bits per heavy atom. The summed E-state index contributed by atoms with van der Waals surface area (Å²) in [5, 5.41) is 2.65. The first-order chi connectivity index (χ1) is 10.5. The molecule has 0 saturated heterocycles. The monoisotopic (exact) mass is 304 g/mol. The number of nitrogens with two attached hydrogens (primary N) is 1. The van der Waals surface area contributed by atoms with E-state index in [0.29, 0.717) is 16.6 Å². The summed E-state index contributed by atoms with van der Waals surface area (Å²) in [6.45, 7) is 3.89. The number of benzene rings is 1. The molecule has 1 amide bonds. The van der Waals surface area contributed by atoms with E-state index in [9.17, 15) is 9.59 Å². The zero-order valence-electron chi connectivity index (χ0n) is 12.8. The van der Waals surface area contributed by atoms with E-state index in [4.69, 9.17) is 10.5 Å². The van der Waals surface area contributed by atoms with Crippen molar-refractivity contribution in [3.05, 3.63) is 23.8 Å². The first kappa shape index (κ1) is 16.0. The minimum atomic E-state index is -0.613. The molecule has 22 heavy (non-hydrogen) atoms. The molecule has 0 spiro atoms. The number of anilines is 1. The SMILES string of the molecule is CCC(C)C(N)C(=O)Nc1nc2c(C(=O)OC)cccc2[nH]1. The normalized spacial score (nSPS) is 13.6. The summed E-state index contributed by atoms with van der Waals surface area (Å²) in [5.74, 6) is -0.468. The number of carbonyl (C=O) groups is 2. The van der Waals surface area contributed by atoms with Crippen molar-refractivity contribution in [2.45, 2.75) is 26.3 Å². The third kappa shape index (κ3) is 3.09. The molecule has 1 heterocycles. The van der Waals surface area contributed by atoms with E-state index in [2.05, 4.69) is 15.3 Å². The second-order valence-electron chi connectivity index (χ2n) is 5.18. The maximum Gasteiger partial charge on any atom is 0.340 e. The molecule has 1 aromatic heterocycles. The Hall–Kier alpha value is -2.41. The maximum atomic E-state index is 12.1. The van der Waals surface area contributed by atoms with Crippen LogP contribution in [0.3, 0.4) is 0 Å². The van der Waals surface area contributed by atoms with Gasteiger partial charge in [0.05, 0.1) is 24.2 Å². The van der Waals surface area contributed by atoms with Gasteiger partial charge in [0, 0.05) is 0 Å². The van der Waals surface area contributed by atoms with Crippen molar-refractivity contribution in [2.24, 2.45) is 11.7 Å². The number of aromatic nitrogens is 2. The van der Waals surface area contributed by atoms with Crippen LogP contribution in [0.4, 0.5) is 5.95 Å². The fourth-order valence-electron chi connectivity index (χ4n) is 2.08. The van der Waals surface area contributed by atoms with E-state index in [1.165, 1.54) is 7.11 Å². The van der Waals surface area contributed by atoms with E-state index in [1.54, 1.807) is 18.2 Å². The van der Waals surface area contributed by atoms with Crippen molar-refractivity contribution < 1.29 is 14.3 Å². The molecule has 0 saturated carbocycles. The van der Waals surface area contributed by atoms with Gasteiger partial charge in [-0.2, -0.15) is 0 Å². The third-order valence-corrected chi connectivity index (χ3v) is 3.72. The van der Waals surface area contributed by atoms with Crippen LogP contribution in [-0.4, -0.2) is 35.0 Å². The lowest BCUT2D eigenvalue weighted by Gasteiger charge is -2.16. The van der Waals surface area contributed by atoms with E-state index in [-0.39, 0.29) is 17.8 Å². The molecule has 118 valence electrons. The number of nitrogens with zero attached hydrogens (tertiary/aromatic N) is 1. The molecule has 0 radical (unpaired) electrons. The zero-order valence-corrected chi connectivity index (χ0v) is 12.8. The van der Waals surface area contributed by atoms with Crippen LogP contribution in [0, 0.1) is 5.92 Å². The van der Waals surface area contributed by atoms with Gasteiger partial charge in [-0.3, -0.25) is 10.1 Å². The molecule has 2 atom stereocenters. The summed E-state index contributed by atoms with van der Waals surface area (Å²) >= 11 is 0. The average molecular weight is 304 g/mol. The highest BCUT2D eigenvalue weighted by Gasteiger charge is 2.21. The zero-order chi connectivity index (χ0) is 16.3. The Kier molecular flexibility index (Phi) is 4.77. The molecular weight excluding hydrogens is 284 g/mol. The Morgan fingerprint density at radius 1 is 1.45 bits per heavy atom. The maximum absolute atomic E-state index is 12.1. The number of imidazole rings is 1. The molecule has 0 aliphatic heterocycles. The minimum absolute atomic E-state index is 0.0648. The Morgan fingerprint density at radius 3 is 2.82 bits per heavy atom. The number of amides is 1. The largest absolute Gasteiger partial charge is 0.465 e. The lowest BCUT2D eigenvalue weighted by molar-refractivity contribution is -0.118. The number of methoxy groups -OCH3 is 1. The van der Waals surface area contributed by atoms with Gasteiger partial charge >= 0.3 is 5.97 Å². The summed E-state index contributed by atoms with van der Waals surface area (Å²) in [5.41, 5.74) is 7.30. The van der Waals surface area contributed by atoms with E-state index in [0.717, 1.165) is 6.42 Å². The Labute approximate surface area is 128 Å². The highest BCUT2D eigenvalue weighted by molar-refractivity contribution is 6.03. The van der Waals surface area contributed by atoms with Gasteiger partial charge in [-0.1, -0.05) is 26.3 Å². The molecule has 0 fully saturated rings. The van der Waals surface area contributed by atoms with E-state index >= 15 is 0 Å². The van der Waals surface area contributed by atoms with Crippen molar-refractivity contribution >= 4 is 28.9 Å². The number of hydrogen-bond acceptors (Lipinski definition) is 5. The van der Waals surface area contributed by atoms with Crippen LogP contribution in [0.1, 0.15) is 30.6 Å². The molecule has 1 aromatic carbocycles. The molecular formula is C15H20N4O3. The van der Waals surface area contributed by atoms with E-state index < -0.39 is 12.0 Å². The highest BCUT2D eigenvalue weighted by atomic mass is 16.5. The lowest BCUT2D eigenvalue weighted by Crippen LogP contribution is -2.40. The van der Waals surface area contributed by atoms with Gasteiger partial charge in [-0.15, -0.1) is 0 Å². The molecule has 2 aromatic rings. The first-order valence-electron chi connectivity index (χ1n) is 7.11. The van der Waals surface area contributed by atoms with Gasteiger partial charge in [0.2, 0.25) is 11.9 Å².